The van der Waals surface area contributed by atoms with Gasteiger partial charge in [-0.15, -0.1) is 0 Å². The Kier molecular flexibility index (Phi) is 54.5. The SMILES string of the molecule is CCCCCCCCCCCC/C=C/C(O)C(CO)NC(=O)CCCCCCC/C=C\CCCCCCCCCCCOC(=O)CCCCCCCCCCCCCCCCCCCCC. The molecule has 2 unspecified atom stereocenters. The van der Waals surface area contributed by atoms with E-state index in [1.807, 2.05) is 6.08 Å². The first kappa shape index (κ1) is 64.3. The number of carbonyl (C=O) groups excluding carboxylic acids is 2. The molecule has 0 heterocycles. The second-order valence-electron chi connectivity index (χ2n) is 20.3. The van der Waals surface area contributed by atoms with E-state index in [1.54, 1.807) is 6.08 Å². The fourth-order valence-corrected chi connectivity index (χ4v) is 9.16. The lowest BCUT2D eigenvalue weighted by Crippen LogP contribution is -2.45. The van der Waals surface area contributed by atoms with Gasteiger partial charge in [0.1, 0.15) is 0 Å². The summed E-state index contributed by atoms with van der Waals surface area (Å²) in [7, 11) is 0. The van der Waals surface area contributed by atoms with Crippen molar-refractivity contribution in [2.24, 2.45) is 0 Å². The number of hydrogen-bond donors (Lipinski definition) is 3. The maximum absolute atomic E-state index is 12.4. The van der Waals surface area contributed by atoms with Gasteiger partial charge in [-0.05, 0) is 57.8 Å². The first-order chi connectivity index (χ1) is 32.5. The molecule has 390 valence electrons. The summed E-state index contributed by atoms with van der Waals surface area (Å²) in [6, 6.07) is -0.636. The minimum Gasteiger partial charge on any atom is -0.466 e. The summed E-state index contributed by atoms with van der Waals surface area (Å²) in [5.41, 5.74) is 0. The van der Waals surface area contributed by atoms with Crippen molar-refractivity contribution in [1.29, 1.82) is 0 Å². The molecular formula is C60H115NO5. The van der Waals surface area contributed by atoms with Crippen molar-refractivity contribution in [1.82, 2.24) is 5.32 Å². The summed E-state index contributed by atoms with van der Waals surface area (Å²) in [6.45, 7) is 4.90. The lowest BCUT2D eigenvalue weighted by Gasteiger charge is -2.20. The number of aliphatic hydroxyl groups excluding tert-OH is 2. The Morgan fingerprint density at radius 3 is 1.08 bits per heavy atom. The number of allylic oxidation sites excluding steroid dienone is 3. The minimum absolute atomic E-state index is 0.00691. The van der Waals surface area contributed by atoms with Crippen molar-refractivity contribution in [2.45, 2.75) is 334 Å². The van der Waals surface area contributed by atoms with Crippen LogP contribution in [0.3, 0.4) is 0 Å². The van der Waals surface area contributed by atoms with Gasteiger partial charge in [-0.1, -0.05) is 276 Å². The molecule has 0 radical (unpaired) electrons. The number of hydrogen-bond acceptors (Lipinski definition) is 5. The highest BCUT2D eigenvalue weighted by Gasteiger charge is 2.18. The van der Waals surface area contributed by atoms with E-state index in [4.69, 9.17) is 4.74 Å². The standard InChI is InChI=1S/C60H115NO5/c1-3-5-7-9-11-13-15-17-18-19-20-24-27-30-34-38-42-46-50-54-60(65)66-55-51-47-43-39-35-31-28-25-22-21-23-26-29-33-37-41-45-49-53-59(64)61-57(56-62)58(63)52-48-44-40-36-32-16-14-12-10-8-6-4-2/h23,26,48,52,57-58,62-63H,3-22,24-25,27-47,49-51,53-56H2,1-2H3,(H,61,64)/b26-23-,52-48+. The van der Waals surface area contributed by atoms with Crippen LogP contribution in [0.25, 0.3) is 0 Å². The summed E-state index contributed by atoms with van der Waals surface area (Å²) < 4.78 is 5.49. The lowest BCUT2D eigenvalue weighted by atomic mass is 10.0. The van der Waals surface area contributed by atoms with Gasteiger partial charge in [-0.3, -0.25) is 9.59 Å². The van der Waals surface area contributed by atoms with E-state index < -0.39 is 12.1 Å². The van der Waals surface area contributed by atoms with Crippen LogP contribution in [-0.2, 0) is 14.3 Å². The highest BCUT2D eigenvalue weighted by Crippen LogP contribution is 2.17. The molecule has 66 heavy (non-hydrogen) atoms. The predicted molar refractivity (Wildman–Crippen MR) is 287 cm³/mol. The van der Waals surface area contributed by atoms with E-state index in [9.17, 15) is 19.8 Å². The molecule has 0 rings (SSSR count). The number of ether oxygens (including phenoxy) is 1. The van der Waals surface area contributed by atoms with Crippen LogP contribution in [0, 0.1) is 0 Å². The summed E-state index contributed by atoms with van der Waals surface area (Å²) >= 11 is 0. The third-order valence-electron chi connectivity index (χ3n) is 13.7. The number of esters is 1. The Labute approximate surface area is 411 Å². The van der Waals surface area contributed by atoms with E-state index in [-0.39, 0.29) is 18.5 Å². The molecule has 1 amide bonds. The topological polar surface area (TPSA) is 95.9 Å². The van der Waals surface area contributed by atoms with Gasteiger partial charge >= 0.3 is 5.97 Å². The van der Waals surface area contributed by atoms with Crippen molar-refractivity contribution < 1.29 is 24.5 Å². The Hall–Kier alpha value is -1.66. The van der Waals surface area contributed by atoms with Gasteiger partial charge in [0.25, 0.3) is 0 Å². The summed E-state index contributed by atoms with van der Waals surface area (Å²) in [5.74, 6) is -0.0754. The van der Waals surface area contributed by atoms with E-state index in [1.165, 1.54) is 238 Å². The molecule has 6 heteroatoms. The number of rotatable bonds is 55. The number of amides is 1. The molecule has 0 fully saturated rings. The maximum Gasteiger partial charge on any atom is 0.305 e. The fraction of sp³-hybridized carbons (Fsp3) is 0.900. The van der Waals surface area contributed by atoms with Gasteiger partial charge < -0.3 is 20.3 Å². The minimum atomic E-state index is -0.851. The van der Waals surface area contributed by atoms with Gasteiger partial charge in [-0.2, -0.15) is 0 Å². The van der Waals surface area contributed by atoms with Crippen LogP contribution in [0.2, 0.25) is 0 Å². The van der Waals surface area contributed by atoms with Crippen molar-refractivity contribution in [3.63, 3.8) is 0 Å². The maximum atomic E-state index is 12.4. The zero-order valence-corrected chi connectivity index (χ0v) is 44.4. The van der Waals surface area contributed by atoms with E-state index >= 15 is 0 Å². The summed E-state index contributed by atoms with van der Waals surface area (Å²) in [6.07, 6.45) is 67.8. The van der Waals surface area contributed by atoms with Gasteiger partial charge in [0.05, 0.1) is 25.4 Å². The smallest absolute Gasteiger partial charge is 0.305 e. The molecule has 0 aromatic heterocycles. The zero-order chi connectivity index (χ0) is 47.9. The Morgan fingerprint density at radius 1 is 0.409 bits per heavy atom. The van der Waals surface area contributed by atoms with E-state index in [0.29, 0.717) is 19.4 Å². The number of nitrogens with one attached hydrogen (secondary N) is 1. The Bertz CT molecular complexity index is 1030. The van der Waals surface area contributed by atoms with Crippen molar-refractivity contribution >= 4 is 11.9 Å². The highest BCUT2D eigenvalue weighted by molar-refractivity contribution is 5.76. The van der Waals surface area contributed by atoms with Crippen LogP contribution in [0.5, 0.6) is 0 Å². The van der Waals surface area contributed by atoms with Crippen LogP contribution >= 0.6 is 0 Å². The normalized spacial score (nSPS) is 12.7. The van der Waals surface area contributed by atoms with Crippen molar-refractivity contribution in [3.8, 4) is 0 Å². The van der Waals surface area contributed by atoms with Gasteiger partial charge in [-0.25, -0.2) is 0 Å². The average molecular weight is 931 g/mol. The van der Waals surface area contributed by atoms with E-state index in [2.05, 4.69) is 31.3 Å². The van der Waals surface area contributed by atoms with Crippen LogP contribution in [0.4, 0.5) is 0 Å². The molecule has 0 aromatic carbocycles. The second kappa shape index (κ2) is 55.9. The van der Waals surface area contributed by atoms with Crippen LogP contribution in [0.1, 0.15) is 322 Å². The lowest BCUT2D eigenvalue weighted by molar-refractivity contribution is -0.143. The molecule has 2 atom stereocenters. The van der Waals surface area contributed by atoms with Gasteiger partial charge in [0, 0.05) is 12.8 Å². The second-order valence-corrected chi connectivity index (χ2v) is 20.3. The summed E-state index contributed by atoms with van der Waals surface area (Å²) in [5, 5.41) is 23.0. The molecule has 3 N–H and O–H groups in total. The molecule has 6 nitrogen and oxygen atoms in total. The monoisotopic (exact) mass is 930 g/mol. The third kappa shape index (κ3) is 51.7. The molecule has 0 spiro atoms. The first-order valence-corrected chi connectivity index (χ1v) is 29.6. The molecule has 0 aliphatic rings. The Morgan fingerprint density at radius 2 is 0.712 bits per heavy atom. The largest absolute Gasteiger partial charge is 0.466 e. The third-order valence-corrected chi connectivity index (χ3v) is 13.7. The quantitative estimate of drug-likeness (QED) is 0.0321. The molecule has 0 saturated heterocycles. The van der Waals surface area contributed by atoms with Crippen molar-refractivity contribution in [2.75, 3.05) is 13.2 Å². The number of unbranched alkanes of at least 4 members (excludes halogenated alkanes) is 42. The molecule has 0 bridgehead atoms. The van der Waals surface area contributed by atoms with Crippen LogP contribution in [0.15, 0.2) is 24.3 Å². The first-order valence-electron chi connectivity index (χ1n) is 29.6. The molecule has 0 aromatic rings. The van der Waals surface area contributed by atoms with Gasteiger partial charge in [0.2, 0.25) is 5.91 Å². The molecule has 0 aliphatic heterocycles. The Balaban J connectivity index is 3.42. The van der Waals surface area contributed by atoms with Crippen LogP contribution in [-0.4, -0.2) is 47.4 Å². The predicted octanol–water partition coefficient (Wildman–Crippen LogP) is 18.2. The highest BCUT2D eigenvalue weighted by atomic mass is 16.5. The fourth-order valence-electron chi connectivity index (χ4n) is 9.16. The van der Waals surface area contributed by atoms with Gasteiger partial charge in [0.15, 0.2) is 0 Å². The molecular weight excluding hydrogens is 815 g/mol. The molecule has 0 aliphatic carbocycles. The average Bonchev–Trinajstić information content (AvgIpc) is 3.32. The van der Waals surface area contributed by atoms with Crippen molar-refractivity contribution in [3.05, 3.63) is 24.3 Å². The summed E-state index contributed by atoms with van der Waals surface area (Å²) in [4.78, 5) is 24.5. The van der Waals surface area contributed by atoms with E-state index in [0.717, 1.165) is 57.8 Å². The molecule has 0 saturated carbocycles. The van der Waals surface area contributed by atoms with Crippen LogP contribution < -0.4 is 5.32 Å². The number of carbonyl (C=O) groups is 2. The zero-order valence-electron chi connectivity index (χ0n) is 44.4. The number of aliphatic hydroxyl groups is 2.